The molecule has 114 valence electrons. The number of methoxy groups -OCH3 is 1. The molecule has 1 saturated heterocycles. The summed E-state index contributed by atoms with van der Waals surface area (Å²) in [6.07, 6.45) is 2.45. The van der Waals surface area contributed by atoms with Gasteiger partial charge in [-0.2, -0.15) is 0 Å². The fraction of sp³-hybridized carbons (Fsp3) is 0.500. The number of hydrogen-bond donors (Lipinski definition) is 1. The maximum absolute atomic E-state index is 12.2. The average Bonchev–Trinajstić information content (AvgIpc) is 2.62. The molecule has 0 saturated carbocycles. The highest BCUT2D eigenvalue weighted by molar-refractivity contribution is 5.88. The second-order valence-corrected chi connectivity index (χ2v) is 5.58. The molecule has 1 aliphatic heterocycles. The summed E-state index contributed by atoms with van der Waals surface area (Å²) in [4.78, 5) is 25.0. The summed E-state index contributed by atoms with van der Waals surface area (Å²) in [7, 11) is 1.55. The first-order valence-electron chi connectivity index (χ1n) is 7.19. The molecular weight excluding hydrogens is 270 g/mol. The van der Waals surface area contributed by atoms with Crippen molar-refractivity contribution in [3.05, 3.63) is 29.3 Å². The van der Waals surface area contributed by atoms with Crippen LogP contribution in [-0.2, 0) is 11.3 Å². The molecule has 0 aliphatic carbocycles. The lowest BCUT2D eigenvalue weighted by molar-refractivity contribution is -0.131. The molecule has 5 nitrogen and oxygen atoms in total. The second kappa shape index (κ2) is 6.61. The number of aromatic carboxylic acids is 1. The normalized spacial score (nSPS) is 19.2. The van der Waals surface area contributed by atoms with Gasteiger partial charge >= 0.3 is 5.97 Å². The first kappa shape index (κ1) is 15.4. The standard InChI is InChI=1S/C16H21NO4/c1-11-3-6-15(18)17(8-7-11)10-13-9-12(16(19)20)4-5-14(13)21-2/h4-5,9,11H,3,6-8,10H2,1-2H3,(H,19,20). The number of carboxylic acids is 1. The molecule has 0 spiro atoms. The summed E-state index contributed by atoms with van der Waals surface area (Å²) in [5.41, 5.74) is 0.946. The van der Waals surface area contributed by atoms with Gasteiger partial charge in [-0.1, -0.05) is 6.92 Å². The molecule has 2 rings (SSSR count). The summed E-state index contributed by atoms with van der Waals surface area (Å²) < 4.78 is 5.28. The summed E-state index contributed by atoms with van der Waals surface area (Å²) in [5, 5.41) is 9.09. The van der Waals surface area contributed by atoms with E-state index in [0.717, 1.165) is 18.4 Å². The van der Waals surface area contributed by atoms with Crippen molar-refractivity contribution < 1.29 is 19.4 Å². The Bertz CT molecular complexity index is 541. The van der Waals surface area contributed by atoms with Gasteiger partial charge in [-0.3, -0.25) is 4.79 Å². The van der Waals surface area contributed by atoms with Gasteiger partial charge in [-0.15, -0.1) is 0 Å². The minimum Gasteiger partial charge on any atom is -0.496 e. The maximum Gasteiger partial charge on any atom is 0.335 e. The smallest absolute Gasteiger partial charge is 0.335 e. The molecule has 1 aromatic carbocycles. The SMILES string of the molecule is COc1ccc(C(=O)O)cc1CN1CCC(C)CCC1=O. The van der Waals surface area contributed by atoms with Crippen molar-refractivity contribution in [2.24, 2.45) is 5.92 Å². The number of ether oxygens (including phenoxy) is 1. The number of carbonyl (C=O) groups excluding carboxylic acids is 1. The minimum absolute atomic E-state index is 0.127. The Kier molecular flexibility index (Phi) is 4.83. The third-order valence-corrected chi connectivity index (χ3v) is 3.98. The van der Waals surface area contributed by atoms with Gasteiger partial charge in [0.05, 0.1) is 12.7 Å². The van der Waals surface area contributed by atoms with E-state index in [2.05, 4.69) is 6.92 Å². The highest BCUT2D eigenvalue weighted by Crippen LogP contribution is 2.24. The van der Waals surface area contributed by atoms with E-state index in [1.807, 2.05) is 0 Å². The number of amides is 1. The molecule has 0 aromatic heterocycles. The molecule has 1 amide bonds. The van der Waals surface area contributed by atoms with Crippen LogP contribution in [0.15, 0.2) is 18.2 Å². The number of nitrogens with zero attached hydrogens (tertiary/aromatic N) is 1. The third kappa shape index (κ3) is 3.74. The summed E-state index contributed by atoms with van der Waals surface area (Å²) in [6.45, 7) is 3.26. The van der Waals surface area contributed by atoms with E-state index in [-0.39, 0.29) is 11.5 Å². The largest absolute Gasteiger partial charge is 0.496 e. The van der Waals surface area contributed by atoms with Crippen molar-refractivity contribution in [1.82, 2.24) is 4.90 Å². The molecular formula is C16H21NO4. The first-order chi connectivity index (χ1) is 10.0. The van der Waals surface area contributed by atoms with Gasteiger partial charge in [0.2, 0.25) is 5.91 Å². The van der Waals surface area contributed by atoms with E-state index < -0.39 is 5.97 Å². The molecule has 1 unspecified atom stereocenters. The molecule has 1 aromatic rings. The Morgan fingerprint density at radius 1 is 1.43 bits per heavy atom. The van der Waals surface area contributed by atoms with Gasteiger partial charge in [0.25, 0.3) is 0 Å². The second-order valence-electron chi connectivity index (χ2n) is 5.58. The Hall–Kier alpha value is -2.04. The van der Waals surface area contributed by atoms with Crippen LogP contribution in [0.3, 0.4) is 0 Å². The van der Waals surface area contributed by atoms with Crippen LogP contribution < -0.4 is 4.74 Å². The lowest BCUT2D eigenvalue weighted by Crippen LogP contribution is -2.30. The number of carboxylic acid groups (broad SMARTS) is 1. The fourth-order valence-electron chi connectivity index (χ4n) is 2.58. The van der Waals surface area contributed by atoms with Crippen molar-refractivity contribution in [3.8, 4) is 5.75 Å². The van der Waals surface area contributed by atoms with Gasteiger partial charge in [-0.05, 0) is 37.0 Å². The molecule has 5 heteroatoms. The average molecular weight is 291 g/mol. The molecule has 0 radical (unpaired) electrons. The van der Waals surface area contributed by atoms with Crippen LogP contribution in [0.4, 0.5) is 0 Å². The molecule has 1 atom stereocenters. The predicted octanol–water partition coefficient (Wildman–Crippen LogP) is 2.54. The zero-order chi connectivity index (χ0) is 15.4. The van der Waals surface area contributed by atoms with E-state index in [4.69, 9.17) is 9.84 Å². The van der Waals surface area contributed by atoms with Crippen LogP contribution in [-0.4, -0.2) is 35.5 Å². The summed E-state index contributed by atoms with van der Waals surface area (Å²) >= 11 is 0. The van der Waals surface area contributed by atoms with Gasteiger partial charge in [-0.25, -0.2) is 4.79 Å². The number of carbonyl (C=O) groups is 2. The van der Waals surface area contributed by atoms with E-state index >= 15 is 0 Å². The van der Waals surface area contributed by atoms with E-state index in [1.165, 1.54) is 6.07 Å². The van der Waals surface area contributed by atoms with Crippen LogP contribution in [0.2, 0.25) is 0 Å². The fourth-order valence-corrected chi connectivity index (χ4v) is 2.58. The highest BCUT2D eigenvalue weighted by atomic mass is 16.5. The van der Waals surface area contributed by atoms with Crippen molar-refractivity contribution >= 4 is 11.9 Å². The number of hydrogen-bond acceptors (Lipinski definition) is 3. The van der Waals surface area contributed by atoms with E-state index in [9.17, 15) is 9.59 Å². The van der Waals surface area contributed by atoms with E-state index in [1.54, 1.807) is 24.1 Å². The summed E-state index contributed by atoms with van der Waals surface area (Å²) in [5.74, 6) is 0.313. The Morgan fingerprint density at radius 2 is 2.19 bits per heavy atom. The van der Waals surface area contributed by atoms with Crippen LogP contribution in [0.25, 0.3) is 0 Å². The summed E-state index contributed by atoms with van der Waals surface area (Å²) in [6, 6.07) is 4.74. The lowest BCUT2D eigenvalue weighted by atomic mass is 10.0. The molecule has 1 fully saturated rings. The highest BCUT2D eigenvalue weighted by Gasteiger charge is 2.21. The van der Waals surface area contributed by atoms with Gasteiger partial charge < -0.3 is 14.7 Å². The molecule has 1 N–H and O–H groups in total. The van der Waals surface area contributed by atoms with E-state index in [0.29, 0.717) is 31.2 Å². The first-order valence-corrected chi connectivity index (χ1v) is 7.19. The molecule has 1 heterocycles. The van der Waals surface area contributed by atoms with Gasteiger partial charge in [0.1, 0.15) is 5.75 Å². The van der Waals surface area contributed by atoms with Crippen molar-refractivity contribution in [2.45, 2.75) is 32.7 Å². The quantitative estimate of drug-likeness (QED) is 0.925. The zero-order valence-corrected chi connectivity index (χ0v) is 12.5. The van der Waals surface area contributed by atoms with Crippen molar-refractivity contribution in [3.63, 3.8) is 0 Å². The number of likely N-dealkylation sites (tertiary alicyclic amines) is 1. The Morgan fingerprint density at radius 3 is 2.86 bits per heavy atom. The molecule has 1 aliphatic rings. The van der Waals surface area contributed by atoms with Crippen LogP contribution in [0.5, 0.6) is 5.75 Å². The zero-order valence-electron chi connectivity index (χ0n) is 12.5. The Labute approximate surface area is 124 Å². The van der Waals surface area contributed by atoms with Crippen LogP contribution in [0.1, 0.15) is 42.1 Å². The van der Waals surface area contributed by atoms with Crippen LogP contribution in [0, 0.1) is 5.92 Å². The molecule has 0 bridgehead atoms. The Balaban J connectivity index is 2.22. The number of rotatable bonds is 4. The minimum atomic E-state index is -0.977. The molecule has 21 heavy (non-hydrogen) atoms. The maximum atomic E-state index is 12.2. The predicted molar refractivity (Wildman–Crippen MR) is 78.4 cm³/mol. The monoisotopic (exact) mass is 291 g/mol. The van der Waals surface area contributed by atoms with Crippen LogP contribution >= 0.6 is 0 Å². The van der Waals surface area contributed by atoms with Gasteiger partial charge in [0, 0.05) is 25.1 Å². The lowest BCUT2D eigenvalue weighted by Gasteiger charge is -2.22. The van der Waals surface area contributed by atoms with Crippen molar-refractivity contribution in [2.75, 3.05) is 13.7 Å². The van der Waals surface area contributed by atoms with Crippen molar-refractivity contribution in [1.29, 1.82) is 0 Å². The number of benzene rings is 1. The van der Waals surface area contributed by atoms with Gasteiger partial charge in [0.15, 0.2) is 0 Å². The topological polar surface area (TPSA) is 66.8 Å². The third-order valence-electron chi connectivity index (χ3n) is 3.98.